The van der Waals surface area contributed by atoms with Gasteiger partial charge in [0.1, 0.15) is 17.3 Å². The smallest absolute Gasteiger partial charge is 0.284 e. The molecule has 0 radical (unpaired) electrons. The Balaban J connectivity index is 1.52. The lowest BCUT2D eigenvalue weighted by Gasteiger charge is -2.34. The first-order valence-electron chi connectivity index (χ1n) is 12.1. The number of likely N-dealkylation sites (N-methyl/N-ethyl adjacent to an activating group) is 1. The van der Waals surface area contributed by atoms with Crippen LogP contribution in [0.4, 0.5) is 27.4 Å². The quantitative estimate of drug-likeness (QED) is 0.365. The molecule has 12 heteroatoms. The first-order chi connectivity index (χ1) is 18.9. The van der Waals surface area contributed by atoms with Crippen LogP contribution in [0.5, 0.6) is 0 Å². The molecule has 0 spiro atoms. The van der Waals surface area contributed by atoms with Gasteiger partial charge in [0, 0.05) is 43.8 Å². The van der Waals surface area contributed by atoms with Gasteiger partial charge in [0.25, 0.3) is 5.56 Å². The van der Waals surface area contributed by atoms with Gasteiger partial charge in [0.05, 0.1) is 11.4 Å². The molecule has 1 fully saturated rings. The van der Waals surface area contributed by atoms with Crippen molar-refractivity contribution < 1.29 is 9.18 Å². The van der Waals surface area contributed by atoms with Crippen LogP contribution < -0.4 is 21.1 Å². The summed E-state index contributed by atoms with van der Waals surface area (Å²) in [4.78, 5) is 41.2. The fourth-order valence-corrected chi connectivity index (χ4v) is 4.28. The predicted octanol–water partition coefficient (Wildman–Crippen LogP) is 2.81. The van der Waals surface area contributed by atoms with E-state index in [0.717, 1.165) is 37.9 Å². The molecule has 0 unspecified atom stereocenters. The van der Waals surface area contributed by atoms with Crippen LogP contribution in [0.25, 0.3) is 16.7 Å². The molecule has 0 bridgehead atoms. The highest BCUT2D eigenvalue weighted by atomic mass is 19.1. The minimum atomic E-state index is -0.678. The van der Waals surface area contributed by atoms with Gasteiger partial charge < -0.3 is 20.4 Å². The summed E-state index contributed by atoms with van der Waals surface area (Å²) in [6.07, 6.45) is 2.41. The molecule has 2 aromatic carbocycles. The fraction of sp³-hybridized carbons (Fsp3) is 0.185. The van der Waals surface area contributed by atoms with Crippen LogP contribution in [0, 0.1) is 17.1 Å². The van der Waals surface area contributed by atoms with E-state index in [4.69, 9.17) is 0 Å². The van der Waals surface area contributed by atoms with Crippen molar-refractivity contribution in [1.29, 1.82) is 5.26 Å². The maximum absolute atomic E-state index is 15.1. The molecule has 2 N–H and O–H groups in total. The van der Waals surface area contributed by atoms with E-state index in [1.165, 1.54) is 16.8 Å². The summed E-state index contributed by atoms with van der Waals surface area (Å²) in [5.41, 5.74) is 1.20. The number of nitriles is 1. The molecule has 11 nitrogen and oxygen atoms in total. The van der Waals surface area contributed by atoms with Gasteiger partial charge in [-0.1, -0.05) is 12.6 Å². The Kier molecular flexibility index (Phi) is 6.98. The van der Waals surface area contributed by atoms with Gasteiger partial charge in [0.2, 0.25) is 17.7 Å². The molecule has 0 saturated carbocycles. The van der Waals surface area contributed by atoms with E-state index in [1.54, 1.807) is 30.3 Å². The number of nitrogens with zero attached hydrogens (tertiary/aromatic N) is 7. The molecule has 2 aromatic heterocycles. The molecular formula is C27H24FN9O2. The number of anilines is 4. The van der Waals surface area contributed by atoms with Gasteiger partial charge in [-0.2, -0.15) is 15.2 Å². The van der Waals surface area contributed by atoms with E-state index in [2.05, 4.69) is 49.0 Å². The maximum atomic E-state index is 15.1. The van der Waals surface area contributed by atoms with Crippen molar-refractivity contribution in [3.8, 4) is 11.8 Å². The molecule has 0 aliphatic carbocycles. The van der Waals surface area contributed by atoms with Gasteiger partial charge in [0.15, 0.2) is 5.65 Å². The number of amides is 1. The van der Waals surface area contributed by atoms with Crippen molar-refractivity contribution in [3.63, 3.8) is 0 Å². The topological polar surface area (TPSA) is 132 Å². The summed E-state index contributed by atoms with van der Waals surface area (Å²) in [5.74, 6) is -1.09. The lowest BCUT2D eigenvalue weighted by Crippen LogP contribution is -2.44. The largest absolute Gasteiger partial charge is 0.369 e. The second-order valence-corrected chi connectivity index (χ2v) is 8.94. The molecule has 4 aromatic rings. The molecule has 1 aliphatic heterocycles. The molecule has 3 heterocycles. The van der Waals surface area contributed by atoms with E-state index in [1.807, 2.05) is 12.1 Å². The van der Waals surface area contributed by atoms with Crippen molar-refractivity contribution in [1.82, 2.24) is 24.4 Å². The minimum absolute atomic E-state index is 0.0214. The van der Waals surface area contributed by atoms with Crippen LogP contribution in [-0.2, 0) is 4.79 Å². The molecule has 39 heavy (non-hydrogen) atoms. The molecule has 1 aliphatic rings. The maximum Gasteiger partial charge on any atom is 0.284 e. The van der Waals surface area contributed by atoms with Crippen molar-refractivity contribution in [3.05, 3.63) is 83.3 Å². The standard InChI is InChI=1S/C27H24FN9O2/c1-3-24(38)31-17-5-4-6-19(13-17)37-23(15-29)33-26(39)20-16-30-27(34-25(20)37)32-22-8-7-18(14-21(22)28)36-11-9-35(2)10-12-36/h3-8,13-14,16H,1,9-12H2,2H3,(H,31,38)(H,30,32,34). The van der Waals surface area contributed by atoms with Gasteiger partial charge in [-0.25, -0.2) is 9.37 Å². The summed E-state index contributed by atoms with van der Waals surface area (Å²) < 4.78 is 16.5. The van der Waals surface area contributed by atoms with Crippen molar-refractivity contribution in [2.45, 2.75) is 0 Å². The van der Waals surface area contributed by atoms with Gasteiger partial charge in [-0.15, -0.1) is 0 Å². The zero-order valence-electron chi connectivity index (χ0n) is 21.1. The lowest BCUT2D eigenvalue weighted by molar-refractivity contribution is -0.111. The third-order valence-corrected chi connectivity index (χ3v) is 6.35. The number of carbonyl (C=O) groups is 1. The molecular weight excluding hydrogens is 501 g/mol. The first kappa shape index (κ1) is 25.5. The van der Waals surface area contributed by atoms with E-state index >= 15 is 4.39 Å². The SMILES string of the molecule is C=CC(=O)Nc1cccc(-n2c(C#N)nc(=O)c3cnc(Nc4ccc(N5CCN(C)CC5)cc4F)nc32)c1. The van der Waals surface area contributed by atoms with Crippen LogP contribution in [-0.4, -0.2) is 63.6 Å². The zero-order valence-corrected chi connectivity index (χ0v) is 21.1. The predicted molar refractivity (Wildman–Crippen MR) is 146 cm³/mol. The fourth-order valence-electron chi connectivity index (χ4n) is 4.28. The third-order valence-electron chi connectivity index (χ3n) is 6.35. The van der Waals surface area contributed by atoms with Crippen LogP contribution in [0.2, 0.25) is 0 Å². The Morgan fingerprint density at radius 2 is 1.92 bits per heavy atom. The molecule has 0 atom stereocenters. The van der Waals surface area contributed by atoms with Crippen LogP contribution in [0.15, 0.2) is 66.1 Å². The zero-order chi connectivity index (χ0) is 27.5. The average Bonchev–Trinajstić information content (AvgIpc) is 2.94. The summed E-state index contributed by atoms with van der Waals surface area (Å²) in [7, 11) is 2.06. The summed E-state index contributed by atoms with van der Waals surface area (Å²) in [5, 5.41) is 15.3. The minimum Gasteiger partial charge on any atom is -0.369 e. The second-order valence-electron chi connectivity index (χ2n) is 8.94. The molecule has 1 amide bonds. The second kappa shape index (κ2) is 10.7. The molecule has 196 valence electrons. The van der Waals surface area contributed by atoms with E-state index in [-0.39, 0.29) is 28.5 Å². The Morgan fingerprint density at radius 1 is 1.13 bits per heavy atom. The normalized spacial score (nSPS) is 13.6. The number of nitrogens with one attached hydrogen (secondary N) is 2. The third kappa shape index (κ3) is 5.29. The lowest BCUT2D eigenvalue weighted by atomic mass is 10.2. The van der Waals surface area contributed by atoms with Crippen molar-refractivity contribution in [2.75, 3.05) is 48.8 Å². The summed E-state index contributed by atoms with van der Waals surface area (Å²) >= 11 is 0. The highest BCUT2D eigenvalue weighted by Crippen LogP contribution is 2.26. The Hall–Kier alpha value is -5.15. The summed E-state index contributed by atoms with van der Waals surface area (Å²) in [6.45, 7) is 6.85. The summed E-state index contributed by atoms with van der Waals surface area (Å²) in [6, 6.07) is 13.4. The number of halogens is 1. The van der Waals surface area contributed by atoms with Crippen molar-refractivity contribution in [2.24, 2.45) is 0 Å². The molecule has 1 saturated heterocycles. The number of rotatable bonds is 6. The van der Waals surface area contributed by atoms with Gasteiger partial charge in [-0.05, 0) is 49.5 Å². The monoisotopic (exact) mass is 525 g/mol. The average molecular weight is 526 g/mol. The van der Waals surface area contributed by atoms with Crippen molar-refractivity contribution >= 4 is 40.0 Å². The molecule has 5 rings (SSSR count). The Bertz CT molecular complexity index is 1690. The van der Waals surface area contributed by atoms with E-state index < -0.39 is 17.3 Å². The number of hydrogen-bond acceptors (Lipinski definition) is 9. The van der Waals surface area contributed by atoms with Crippen LogP contribution in [0.1, 0.15) is 5.82 Å². The highest BCUT2D eigenvalue weighted by molar-refractivity contribution is 5.99. The van der Waals surface area contributed by atoms with Crippen LogP contribution in [0.3, 0.4) is 0 Å². The number of fused-ring (bicyclic) bond motifs is 1. The highest BCUT2D eigenvalue weighted by Gasteiger charge is 2.18. The van der Waals surface area contributed by atoms with Gasteiger partial charge >= 0.3 is 0 Å². The van der Waals surface area contributed by atoms with Crippen LogP contribution >= 0.6 is 0 Å². The van der Waals surface area contributed by atoms with E-state index in [0.29, 0.717) is 11.4 Å². The Morgan fingerprint density at radius 3 is 2.64 bits per heavy atom. The number of carbonyl (C=O) groups excluding carboxylic acids is 1. The Labute approximate surface area is 222 Å². The first-order valence-corrected chi connectivity index (χ1v) is 12.1. The number of hydrogen-bond donors (Lipinski definition) is 2. The van der Waals surface area contributed by atoms with E-state index in [9.17, 15) is 14.9 Å². The number of aromatic nitrogens is 4. The number of piperazine rings is 1. The number of benzene rings is 2. The van der Waals surface area contributed by atoms with Gasteiger partial charge in [-0.3, -0.25) is 14.2 Å².